The SMILES string of the molecule is CCCNC(=O)C(C)NC(C)CS(C)=O. The molecule has 0 fully saturated rings. The first-order chi connectivity index (χ1) is 6.97. The second kappa shape index (κ2) is 7.82. The van der Waals surface area contributed by atoms with Gasteiger partial charge in [-0.3, -0.25) is 9.00 Å². The van der Waals surface area contributed by atoms with Crippen LogP contribution < -0.4 is 10.6 Å². The quantitative estimate of drug-likeness (QED) is 0.664. The number of carbonyl (C=O) groups excluding carboxylic acids is 1. The first-order valence-corrected chi connectivity index (χ1v) is 7.03. The third-order valence-corrected chi connectivity index (χ3v) is 2.93. The van der Waals surface area contributed by atoms with E-state index in [0.717, 1.165) is 6.42 Å². The summed E-state index contributed by atoms with van der Waals surface area (Å²) in [5.74, 6) is 0.580. The Labute approximate surface area is 94.7 Å². The topological polar surface area (TPSA) is 58.2 Å². The summed E-state index contributed by atoms with van der Waals surface area (Å²) in [5, 5.41) is 5.93. The Morgan fingerprint density at radius 2 is 2.00 bits per heavy atom. The Kier molecular flexibility index (Phi) is 7.60. The summed E-state index contributed by atoms with van der Waals surface area (Å²) in [5.41, 5.74) is 0. The van der Waals surface area contributed by atoms with Crippen LogP contribution in [0.4, 0.5) is 0 Å². The Balaban J connectivity index is 3.84. The van der Waals surface area contributed by atoms with E-state index >= 15 is 0 Å². The van der Waals surface area contributed by atoms with Gasteiger partial charge in [0.15, 0.2) is 0 Å². The molecule has 1 amide bonds. The summed E-state index contributed by atoms with van der Waals surface area (Å²) < 4.78 is 10.9. The van der Waals surface area contributed by atoms with Gasteiger partial charge < -0.3 is 10.6 Å². The van der Waals surface area contributed by atoms with Crippen LogP contribution in [0.1, 0.15) is 27.2 Å². The molecule has 0 aromatic heterocycles. The molecule has 0 radical (unpaired) electrons. The van der Waals surface area contributed by atoms with E-state index in [1.165, 1.54) is 0 Å². The van der Waals surface area contributed by atoms with Crippen molar-refractivity contribution in [2.24, 2.45) is 0 Å². The number of hydrogen-bond donors (Lipinski definition) is 2. The van der Waals surface area contributed by atoms with Crippen LogP contribution in [0.15, 0.2) is 0 Å². The molecule has 3 atom stereocenters. The lowest BCUT2D eigenvalue weighted by molar-refractivity contribution is -0.122. The largest absolute Gasteiger partial charge is 0.355 e. The maximum atomic E-state index is 11.5. The third-order valence-electron chi connectivity index (χ3n) is 1.96. The van der Waals surface area contributed by atoms with E-state index in [1.807, 2.05) is 20.8 Å². The van der Waals surface area contributed by atoms with Gasteiger partial charge in [-0.05, 0) is 20.3 Å². The normalized spacial score (nSPS) is 16.8. The summed E-state index contributed by atoms with van der Waals surface area (Å²) in [7, 11) is -0.825. The molecule has 0 heterocycles. The molecule has 2 N–H and O–H groups in total. The molecule has 0 spiro atoms. The van der Waals surface area contributed by atoms with Crippen LogP contribution in [-0.4, -0.2) is 40.8 Å². The number of hydrogen-bond acceptors (Lipinski definition) is 3. The van der Waals surface area contributed by atoms with E-state index < -0.39 is 10.8 Å². The molecule has 0 saturated carbocycles. The number of carbonyl (C=O) groups is 1. The summed E-state index contributed by atoms with van der Waals surface area (Å²) in [6.07, 6.45) is 2.60. The molecule has 4 nitrogen and oxygen atoms in total. The van der Waals surface area contributed by atoms with Crippen LogP contribution >= 0.6 is 0 Å². The fourth-order valence-corrected chi connectivity index (χ4v) is 2.10. The molecule has 0 aliphatic carbocycles. The van der Waals surface area contributed by atoms with Gasteiger partial charge in [-0.1, -0.05) is 6.92 Å². The van der Waals surface area contributed by atoms with Gasteiger partial charge in [0.1, 0.15) is 0 Å². The van der Waals surface area contributed by atoms with Gasteiger partial charge in [-0.25, -0.2) is 0 Å². The maximum absolute atomic E-state index is 11.5. The van der Waals surface area contributed by atoms with Crippen molar-refractivity contribution in [3.8, 4) is 0 Å². The zero-order valence-corrected chi connectivity index (χ0v) is 10.8. The average molecular weight is 234 g/mol. The highest BCUT2D eigenvalue weighted by atomic mass is 32.2. The number of amides is 1. The fourth-order valence-electron chi connectivity index (χ4n) is 1.30. The predicted octanol–water partition coefficient (Wildman–Crippen LogP) is 0.258. The van der Waals surface area contributed by atoms with Crippen LogP contribution in [-0.2, 0) is 15.6 Å². The first-order valence-electron chi connectivity index (χ1n) is 5.31. The monoisotopic (exact) mass is 234 g/mol. The van der Waals surface area contributed by atoms with E-state index in [2.05, 4.69) is 10.6 Å². The molecule has 90 valence electrons. The van der Waals surface area contributed by atoms with E-state index in [-0.39, 0.29) is 18.0 Å². The molecule has 15 heavy (non-hydrogen) atoms. The molecular weight excluding hydrogens is 212 g/mol. The van der Waals surface area contributed by atoms with Crippen molar-refractivity contribution in [2.45, 2.75) is 39.3 Å². The highest BCUT2D eigenvalue weighted by Crippen LogP contribution is 1.90. The van der Waals surface area contributed by atoms with Crippen LogP contribution in [0.2, 0.25) is 0 Å². The van der Waals surface area contributed by atoms with E-state index in [0.29, 0.717) is 12.3 Å². The number of nitrogens with one attached hydrogen (secondary N) is 2. The van der Waals surface area contributed by atoms with Crippen molar-refractivity contribution in [2.75, 3.05) is 18.6 Å². The van der Waals surface area contributed by atoms with Gasteiger partial charge in [0.25, 0.3) is 0 Å². The minimum absolute atomic E-state index is 0.00517. The van der Waals surface area contributed by atoms with Crippen LogP contribution in [0.3, 0.4) is 0 Å². The van der Waals surface area contributed by atoms with Crippen molar-refractivity contribution >= 4 is 16.7 Å². The lowest BCUT2D eigenvalue weighted by Gasteiger charge is -2.18. The molecule has 0 bridgehead atoms. The molecular formula is C10H22N2O2S. The smallest absolute Gasteiger partial charge is 0.236 e. The van der Waals surface area contributed by atoms with E-state index in [4.69, 9.17) is 0 Å². The molecule has 5 heteroatoms. The minimum Gasteiger partial charge on any atom is -0.355 e. The Morgan fingerprint density at radius 1 is 1.40 bits per heavy atom. The summed E-state index contributed by atoms with van der Waals surface area (Å²) in [6.45, 7) is 6.48. The van der Waals surface area contributed by atoms with Crippen molar-refractivity contribution in [3.05, 3.63) is 0 Å². The second-order valence-corrected chi connectivity index (χ2v) is 5.30. The van der Waals surface area contributed by atoms with E-state index in [9.17, 15) is 9.00 Å². The van der Waals surface area contributed by atoms with Crippen LogP contribution in [0.5, 0.6) is 0 Å². The Hall–Kier alpha value is -0.420. The summed E-state index contributed by atoms with van der Waals surface area (Å²) >= 11 is 0. The van der Waals surface area contributed by atoms with Gasteiger partial charge in [0, 0.05) is 35.4 Å². The van der Waals surface area contributed by atoms with Gasteiger partial charge in [0.2, 0.25) is 5.91 Å². The maximum Gasteiger partial charge on any atom is 0.236 e. The van der Waals surface area contributed by atoms with Gasteiger partial charge in [-0.2, -0.15) is 0 Å². The van der Waals surface area contributed by atoms with Gasteiger partial charge in [0.05, 0.1) is 6.04 Å². The second-order valence-electron chi connectivity index (χ2n) is 3.82. The molecule has 0 aliphatic heterocycles. The predicted molar refractivity (Wildman–Crippen MR) is 64.3 cm³/mol. The van der Waals surface area contributed by atoms with Gasteiger partial charge >= 0.3 is 0 Å². The molecule has 0 aromatic carbocycles. The molecule has 3 unspecified atom stereocenters. The molecule has 0 aromatic rings. The molecule has 0 aliphatic rings. The fraction of sp³-hybridized carbons (Fsp3) is 0.900. The van der Waals surface area contributed by atoms with Crippen LogP contribution in [0, 0.1) is 0 Å². The highest BCUT2D eigenvalue weighted by Gasteiger charge is 2.14. The van der Waals surface area contributed by atoms with Crippen molar-refractivity contribution in [3.63, 3.8) is 0 Å². The minimum atomic E-state index is -0.825. The highest BCUT2D eigenvalue weighted by molar-refractivity contribution is 7.84. The summed E-state index contributed by atoms with van der Waals surface area (Å²) in [6, 6.07) is -0.131. The standard InChI is InChI=1S/C10H22N2O2S/c1-5-6-11-10(13)9(3)12-8(2)7-15(4)14/h8-9,12H,5-7H2,1-4H3,(H,11,13). The zero-order valence-electron chi connectivity index (χ0n) is 10.0. The molecule has 0 rings (SSSR count). The van der Waals surface area contributed by atoms with Crippen molar-refractivity contribution in [1.29, 1.82) is 0 Å². The Bertz CT molecular complexity index is 221. The molecule has 0 saturated heterocycles. The lowest BCUT2D eigenvalue weighted by Crippen LogP contribution is -2.47. The zero-order chi connectivity index (χ0) is 11.8. The first kappa shape index (κ1) is 14.6. The number of rotatable bonds is 7. The van der Waals surface area contributed by atoms with Crippen molar-refractivity contribution in [1.82, 2.24) is 10.6 Å². The van der Waals surface area contributed by atoms with Gasteiger partial charge in [-0.15, -0.1) is 0 Å². The van der Waals surface area contributed by atoms with Crippen molar-refractivity contribution < 1.29 is 9.00 Å². The average Bonchev–Trinajstić information content (AvgIpc) is 2.12. The lowest BCUT2D eigenvalue weighted by atomic mass is 10.2. The van der Waals surface area contributed by atoms with E-state index in [1.54, 1.807) is 6.26 Å². The third kappa shape index (κ3) is 7.50. The summed E-state index contributed by atoms with van der Waals surface area (Å²) in [4.78, 5) is 11.5. The van der Waals surface area contributed by atoms with Crippen LogP contribution in [0.25, 0.3) is 0 Å². The Morgan fingerprint density at radius 3 is 2.47 bits per heavy atom.